The fourth-order valence-corrected chi connectivity index (χ4v) is 3.00. The van der Waals surface area contributed by atoms with Gasteiger partial charge in [-0.05, 0) is 42.5 Å². The van der Waals surface area contributed by atoms with Crippen molar-refractivity contribution >= 4 is 29.5 Å². The van der Waals surface area contributed by atoms with Crippen LogP contribution < -0.4 is 5.32 Å². The number of carbonyl (C=O) groups is 4. The van der Waals surface area contributed by atoms with E-state index in [0.29, 0.717) is 6.07 Å². The summed E-state index contributed by atoms with van der Waals surface area (Å²) in [6.45, 7) is 0. The van der Waals surface area contributed by atoms with E-state index in [0.717, 1.165) is 18.2 Å². The highest BCUT2D eigenvalue weighted by molar-refractivity contribution is 6.01. The number of nitrogens with one attached hydrogen (secondary N) is 1. The largest absolute Gasteiger partial charge is 0.478 e. The summed E-state index contributed by atoms with van der Waals surface area (Å²) in [6.07, 6.45) is -9.29. The lowest BCUT2D eigenvalue weighted by Crippen LogP contribution is -2.48. The quantitative estimate of drug-likeness (QED) is 0.445. The monoisotopic (exact) mass is 501 g/mol. The van der Waals surface area contributed by atoms with Crippen molar-refractivity contribution < 1.29 is 46.9 Å². The Morgan fingerprint density at radius 3 is 1.69 bits per heavy atom. The second kappa shape index (κ2) is 11.2. The van der Waals surface area contributed by atoms with Crippen molar-refractivity contribution in [1.29, 1.82) is 0 Å². The molecule has 0 aliphatic carbocycles. The Morgan fingerprint density at radius 2 is 1.22 bits per heavy atom. The van der Waals surface area contributed by atoms with Gasteiger partial charge in [0.2, 0.25) is 12.2 Å². The first kappa shape index (κ1) is 25.9. The number of hydrogen-bond donors (Lipinski definition) is 2. The zero-order valence-corrected chi connectivity index (χ0v) is 18.3. The second-order valence-electron chi connectivity index (χ2n) is 7.29. The van der Waals surface area contributed by atoms with Crippen molar-refractivity contribution in [2.24, 2.45) is 0 Å². The lowest BCUT2D eigenvalue weighted by Gasteiger charge is -2.23. The van der Waals surface area contributed by atoms with Crippen molar-refractivity contribution in [1.82, 2.24) is 0 Å². The van der Waals surface area contributed by atoms with E-state index < -0.39 is 47.8 Å². The second-order valence-corrected chi connectivity index (χ2v) is 7.29. The molecule has 0 aromatic heterocycles. The van der Waals surface area contributed by atoms with Crippen LogP contribution in [0.5, 0.6) is 0 Å². The van der Waals surface area contributed by atoms with Gasteiger partial charge in [-0.3, -0.25) is 4.79 Å². The zero-order chi connectivity index (χ0) is 26.3. The molecule has 3 rings (SSSR count). The third-order valence-electron chi connectivity index (χ3n) is 4.72. The Labute approximate surface area is 202 Å². The molecule has 1 amide bonds. The van der Waals surface area contributed by atoms with E-state index >= 15 is 0 Å². The first-order valence-corrected chi connectivity index (χ1v) is 10.3. The molecule has 0 aliphatic rings. The van der Waals surface area contributed by atoms with Crippen LogP contribution in [0.25, 0.3) is 0 Å². The van der Waals surface area contributed by atoms with Gasteiger partial charge in [-0.25, -0.2) is 14.4 Å². The number of ether oxygens (including phenoxy) is 2. The highest BCUT2D eigenvalue weighted by Crippen LogP contribution is 2.30. The van der Waals surface area contributed by atoms with Crippen LogP contribution in [0.2, 0.25) is 0 Å². The number of alkyl halides is 3. The molecule has 0 spiro atoms. The van der Waals surface area contributed by atoms with Crippen molar-refractivity contribution in [2.75, 3.05) is 5.32 Å². The molecule has 3 aromatic carbocycles. The highest BCUT2D eigenvalue weighted by atomic mass is 19.4. The molecule has 2 atom stereocenters. The number of hydrogen-bond acceptors (Lipinski definition) is 6. The van der Waals surface area contributed by atoms with Gasteiger partial charge in [0, 0.05) is 5.69 Å². The number of benzene rings is 3. The average Bonchev–Trinajstić information content (AvgIpc) is 2.86. The molecule has 0 unspecified atom stereocenters. The lowest BCUT2D eigenvalue weighted by molar-refractivity contribution is -0.157. The van der Waals surface area contributed by atoms with Crippen molar-refractivity contribution in [3.8, 4) is 0 Å². The summed E-state index contributed by atoms with van der Waals surface area (Å²) in [4.78, 5) is 50.0. The summed E-state index contributed by atoms with van der Waals surface area (Å²) in [5, 5.41) is 11.8. The van der Waals surface area contributed by atoms with Crippen molar-refractivity contribution in [2.45, 2.75) is 18.4 Å². The Morgan fingerprint density at radius 1 is 0.722 bits per heavy atom. The maximum absolute atomic E-state index is 13.0. The third kappa shape index (κ3) is 6.69. The number of aliphatic carboxylic acids is 1. The fraction of sp³-hybridized carbons (Fsp3) is 0.120. The molecule has 3 aromatic rings. The molecule has 11 heteroatoms. The van der Waals surface area contributed by atoms with Crippen molar-refractivity contribution in [3.05, 3.63) is 102 Å². The van der Waals surface area contributed by atoms with Gasteiger partial charge in [0.05, 0.1) is 16.7 Å². The Balaban J connectivity index is 1.92. The van der Waals surface area contributed by atoms with E-state index in [9.17, 15) is 37.5 Å². The summed E-state index contributed by atoms with van der Waals surface area (Å²) in [6, 6.07) is 18.0. The van der Waals surface area contributed by atoms with E-state index in [1.807, 2.05) is 0 Å². The number of amides is 1. The summed E-state index contributed by atoms with van der Waals surface area (Å²) in [7, 11) is 0. The van der Waals surface area contributed by atoms with Crippen molar-refractivity contribution in [3.63, 3.8) is 0 Å². The summed E-state index contributed by atoms with van der Waals surface area (Å²) in [5.41, 5.74) is -1.53. The minimum atomic E-state index is -4.71. The van der Waals surface area contributed by atoms with Gasteiger partial charge in [-0.1, -0.05) is 42.5 Å². The Bertz CT molecular complexity index is 1250. The number of esters is 2. The van der Waals surface area contributed by atoms with E-state index in [4.69, 9.17) is 9.47 Å². The fourth-order valence-electron chi connectivity index (χ4n) is 3.00. The van der Waals surface area contributed by atoms with Crippen LogP contribution in [0.3, 0.4) is 0 Å². The molecule has 0 fully saturated rings. The van der Waals surface area contributed by atoms with Gasteiger partial charge in [0.15, 0.2) is 0 Å². The Hall–Kier alpha value is -4.67. The minimum Gasteiger partial charge on any atom is -0.478 e. The maximum Gasteiger partial charge on any atom is 0.416 e. The molecule has 0 aliphatic heterocycles. The Kier molecular flexibility index (Phi) is 8.05. The summed E-state index contributed by atoms with van der Waals surface area (Å²) in [5.74, 6) is -5.41. The van der Waals surface area contributed by atoms with E-state index in [-0.39, 0.29) is 16.8 Å². The number of carboxylic acid groups (broad SMARTS) is 1. The number of carbonyl (C=O) groups excluding carboxylic acids is 3. The highest BCUT2D eigenvalue weighted by Gasteiger charge is 2.41. The van der Waals surface area contributed by atoms with Gasteiger partial charge in [0.1, 0.15) is 0 Å². The van der Waals surface area contributed by atoms with E-state index in [1.54, 1.807) is 12.1 Å². The van der Waals surface area contributed by atoms with Gasteiger partial charge < -0.3 is 19.9 Å². The topological polar surface area (TPSA) is 119 Å². The van der Waals surface area contributed by atoms with Crippen LogP contribution in [-0.2, 0) is 25.2 Å². The van der Waals surface area contributed by atoms with Gasteiger partial charge in [-0.2, -0.15) is 13.2 Å². The predicted octanol–water partition coefficient (Wildman–Crippen LogP) is 4.18. The van der Waals surface area contributed by atoms with Crippen LogP contribution >= 0.6 is 0 Å². The molecule has 2 N–H and O–H groups in total. The van der Waals surface area contributed by atoms with E-state index in [2.05, 4.69) is 5.32 Å². The molecular formula is C25H18F3NO7. The molecule has 186 valence electrons. The molecule has 36 heavy (non-hydrogen) atoms. The minimum absolute atomic E-state index is 0.0461. The maximum atomic E-state index is 13.0. The molecule has 0 saturated heterocycles. The van der Waals surface area contributed by atoms with Gasteiger partial charge in [-0.15, -0.1) is 0 Å². The smallest absolute Gasteiger partial charge is 0.416 e. The first-order valence-electron chi connectivity index (χ1n) is 10.3. The van der Waals surface area contributed by atoms with E-state index in [1.165, 1.54) is 48.5 Å². The number of anilines is 1. The average molecular weight is 501 g/mol. The molecule has 0 heterocycles. The van der Waals surface area contributed by atoms with Gasteiger partial charge >= 0.3 is 24.1 Å². The van der Waals surface area contributed by atoms with Crippen LogP contribution in [0.15, 0.2) is 84.9 Å². The van der Waals surface area contributed by atoms with Crippen LogP contribution in [0, 0.1) is 0 Å². The van der Waals surface area contributed by atoms with Crippen LogP contribution in [0.4, 0.5) is 18.9 Å². The molecule has 8 nitrogen and oxygen atoms in total. The number of halogens is 3. The molecule has 0 radical (unpaired) electrons. The number of rotatable bonds is 8. The molecule has 0 saturated carbocycles. The molecule has 0 bridgehead atoms. The zero-order valence-electron chi connectivity index (χ0n) is 18.3. The predicted molar refractivity (Wildman–Crippen MR) is 119 cm³/mol. The first-order chi connectivity index (χ1) is 17.1. The SMILES string of the molecule is O=C(O[C@H](C(=O)O)[C@@H](OC(=O)c1ccccc1)C(=O)Nc1cccc(C(F)(F)F)c1)c1ccccc1. The summed E-state index contributed by atoms with van der Waals surface area (Å²) >= 11 is 0. The van der Waals surface area contributed by atoms with Crippen LogP contribution in [-0.4, -0.2) is 41.1 Å². The lowest BCUT2D eigenvalue weighted by atomic mass is 10.1. The van der Waals surface area contributed by atoms with Gasteiger partial charge in [0.25, 0.3) is 5.91 Å². The molecular weight excluding hydrogens is 483 g/mol. The normalized spacial score (nSPS) is 12.6. The third-order valence-corrected chi connectivity index (χ3v) is 4.72. The summed E-state index contributed by atoms with van der Waals surface area (Å²) < 4.78 is 49.2. The standard InChI is InChI=1S/C25H18F3NO7/c26-25(27,28)17-12-7-13-18(14-17)29-21(30)19(35-23(33)15-8-3-1-4-9-15)20(22(31)32)36-24(34)16-10-5-2-6-11-16/h1-14,19-20H,(H,29,30)(H,31,32)/t19-,20+/m1/s1. The number of carboxylic acids is 1. The van der Waals surface area contributed by atoms with Crippen LogP contribution in [0.1, 0.15) is 26.3 Å².